The minimum Gasteiger partial charge on any atom is -0.477 e. The molecule has 0 atom stereocenters. The van der Waals surface area contributed by atoms with Gasteiger partial charge < -0.3 is 9.94 Å². The molecule has 1 aromatic carbocycles. The maximum absolute atomic E-state index is 11.1. The van der Waals surface area contributed by atoms with Crippen molar-refractivity contribution in [3.63, 3.8) is 0 Å². The first kappa shape index (κ1) is 11.5. The van der Waals surface area contributed by atoms with Crippen LogP contribution in [-0.4, -0.2) is 27.9 Å². The molecule has 96 valence electrons. The second-order valence-corrected chi connectivity index (χ2v) is 4.29. The summed E-state index contributed by atoms with van der Waals surface area (Å²) in [5.41, 5.74) is 2.37. The molecule has 0 aliphatic rings. The van der Waals surface area contributed by atoms with E-state index in [0.717, 1.165) is 21.8 Å². The zero-order chi connectivity index (χ0) is 13.6. The SMILES string of the molecule is COn1c2ccccc2c2cc(C(=O)O)nc(C)c21. The Bertz CT molecular complexity index is 805. The number of benzene rings is 1. The van der Waals surface area contributed by atoms with Crippen LogP contribution < -0.4 is 4.84 Å². The molecular formula is C14H12N2O3. The van der Waals surface area contributed by atoms with E-state index in [1.807, 2.05) is 24.3 Å². The van der Waals surface area contributed by atoms with Gasteiger partial charge in [0.1, 0.15) is 18.3 Å². The molecule has 0 saturated heterocycles. The summed E-state index contributed by atoms with van der Waals surface area (Å²) >= 11 is 0. The molecule has 0 amide bonds. The number of carbonyl (C=O) groups is 1. The highest BCUT2D eigenvalue weighted by Gasteiger charge is 2.17. The first-order chi connectivity index (χ1) is 9.13. The van der Waals surface area contributed by atoms with Crippen LogP contribution in [0.3, 0.4) is 0 Å². The van der Waals surface area contributed by atoms with Crippen LogP contribution in [-0.2, 0) is 0 Å². The Morgan fingerprint density at radius 2 is 2.05 bits per heavy atom. The summed E-state index contributed by atoms with van der Waals surface area (Å²) in [7, 11) is 1.58. The summed E-state index contributed by atoms with van der Waals surface area (Å²) in [6.07, 6.45) is 0. The van der Waals surface area contributed by atoms with Crippen molar-refractivity contribution in [1.29, 1.82) is 0 Å². The predicted molar refractivity (Wildman–Crippen MR) is 71.4 cm³/mol. The van der Waals surface area contributed by atoms with Crippen molar-refractivity contribution in [3.8, 4) is 0 Å². The van der Waals surface area contributed by atoms with Gasteiger partial charge in [0.15, 0.2) is 0 Å². The standard InChI is InChI=1S/C14H12N2O3/c1-8-13-10(7-11(15-8)14(17)18)9-5-3-4-6-12(9)16(13)19-2/h3-7H,1-2H3,(H,17,18). The molecule has 0 aliphatic carbocycles. The van der Waals surface area contributed by atoms with E-state index in [1.165, 1.54) is 0 Å². The second kappa shape index (κ2) is 3.98. The molecule has 0 radical (unpaired) electrons. The van der Waals surface area contributed by atoms with Gasteiger partial charge in [-0.3, -0.25) is 0 Å². The van der Waals surface area contributed by atoms with Gasteiger partial charge in [-0.2, -0.15) is 4.73 Å². The quantitative estimate of drug-likeness (QED) is 0.763. The summed E-state index contributed by atoms with van der Waals surface area (Å²) in [5.74, 6) is -1.03. The number of aryl methyl sites for hydroxylation is 1. The van der Waals surface area contributed by atoms with E-state index in [9.17, 15) is 4.79 Å². The van der Waals surface area contributed by atoms with Crippen molar-refractivity contribution in [2.24, 2.45) is 0 Å². The minimum atomic E-state index is -1.03. The summed E-state index contributed by atoms with van der Waals surface area (Å²) < 4.78 is 1.68. The average molecular weight is 256 g/mol. The maximum atomic E-state index is 11.1. The van der Waals surface area contributed by atoms with Gasteiger partial charge in [0.05, 0.1) is 11.2 Å². The van der Waals surface area contributed by atoms with Gasteiger partial charge in [0, 0.05) is 10.8 Å². The monoisotopic (exact) mass is 256 g/mol. The van der Waals surface area contributed by atoms with Crippen LogP contribution in [0, 0.1) is 6.92 Å². The van der Waals surface area contributed by atoms with Gasteiger partial charge in [-0.05, 0) is 19.1 Å². The second-order valence-electron chi connectivity index (χ2n) is 4.29. The van der Waals surface area contributed by atoms with E-state index in [2.05, 4.69) is 4.98 Å². The number of aromatic carboxylic acids is 1. The van der Waals surface area contributed by atoms with Crippen LogP contribution in [0.15, 0.2) is 30.3 Å². The van der Waals surface area contributed by atoms with Crippen LogP contribution >= 0.6 is 0 Å². The van der Waals surface area contributed by atoms with Crippen molar-refractivity contribution in [2.75, 3.05) is 7.11 Å². The Labute approximate surface area is 109 Å². The van der Waals surface area contributed by atoms with Crippen molar-refractivity contribution in [3.05, 3.63) is 41.7 Å². The number of pyridine rings is 1. The fraction of sp³-hybridized carbons (Fsp3) is 0.143. The third-order valence-electron chi connectivity index (χ3n) is 3.18. The molecule has 5 nitrogen and oxygen atoms in total. The van der Waals surface area contributed by atoms with Crippen LogP contribution in [0.4, 0.5) is 0 Å². The molecule has 1 N–H and O–H groups in total. The van der Waals surface area contributed by atoms with E-state index in [1.54, 1.807) is 24.8 Å². The number of para-hydroxylation sites is 1. The summed E-state index contributed by atoms with van der Waals surface area (Å²) in [6, 6.07) is 9.29. The Balaban J connectivity index is 2.55. The molecule has 19 heavy (non-hydrogen) atoms. The lowest BCUT2D eigenvalue weighted by atomic mass is 10.1. The van der Waals surface area contributed by atoms with Crippen molar-refractivity contribution >= 4 is 27.8 Å². The third kappa shape index (κ3) is 1.55. The molecule has 0 bridgehead atoms. The molecule has 0 spiro atoms. The normalized spacial score (nSPS) is 11.1. The number of rotatable bonds is 2. The smallest absolute Gasteiger partial charge is 0.354 e. The molecule has 3 rings (SSSR count). The zero-order valence-corrected chi connectivity index (χ0v) is 10.5. The first-order valence-corrected chi connectivity index (χ1v) is 5.82. The topological polar surface area (TPSA) is 64.3 Å². The van der Waals surface area contributed by atoms with E-state index < -0.39 is 5.97 Å². The summed E-state index contributed by atoms with van der Waals surface area (Å²) in [6.45, 7) is 1.78. The molecule has 0 fully saturated rings. The van der Waals surface area contributed by atoms with Gasteiger partial charge in [-0.25, -0.2) is 9.78 Å². The number of carboxylic acids is 1. The van der Waals surface area contributed by atoms with Gasteiger partial charge in [-0.1, -0.05) is 18.2 Å². The number of hydrogen-bond acceptors (Lipinski definition) is 3. The highest BCUT2D eigenvalue weighted by Crippen LogP contribution is 2.29. The van der Waals surface area contributed by atoms with Crippen molar-refractivity contribution < 1.29 is 14.7 Å². The lowest BCUT2D eigenvalue weighted by Crippen LogP contribution is -2.08. The molecular weight excluding hydrogens is 244 g/mol. The number of carboxylic acid groups (broad SMARTS) is 1. The van der Waals surface area contributed by atoms with Gasteiger partial charge in [0.2, 0.25) is 0 Å². The average Bonchev–Trinajstić information content (AvgIpc) is 2.73. The van der Waals surface area contributed by atoms with E-state index in [-0.39, 0.29) is 5.69 Å². The molecule has 2 heterocycles. The fourth-order valence-corrected chi connectivity index (χ4v) is 2.43. The molecule has 5 heteroatoms. The molecule has 0 unspecified atom stereocenters. The molecule has 0 aliphatic heterocycles. The Hall–Kier alpha value is -2.56. The zero-order valence-electron chi connectivity index (χ0n) is 10.5. The lowest BCUT2D eigenvalue weighted by Gasteiger charge is -2.06. The maximum Gasteiger partial charge on any atom is 0.354 e. The Morgan fingerprint density at radius 3 is 2.74 bits per heavy atom. The van der Waals surface area contributed by atoms with Gasteiger partial charge in [-0.15, -0.1) is 0 Å². The van der Waals surface area contributed by atoms with Crippen molar-refractivity contribution in [2.45, 2.75) is 6.92 Å². The van der Waals surface area contributed by atoms with E-state index in [0.29, 0.717) is 5.69 Å². The number of aromatic nitrogens is 2. The molecule has 3 aromatic rings. The van der Waals surface area contributed by atoms with Crippen LogP contribution in [0.5, 0.6) is 0 Å². The van der Waals surface area contributed by atoms with E-state index in [4.69, 9.17) is 9.94 Å². The molecule has 0 saturated carbocycles. The minimum absolute atomic E-state index is 0.0454. The lowest BCUT2D eigenvalue weighted by molar-refractivity contribution is 0.0690. The molecule has 2 aromatic heterocycles. The van der Waals surface area contributed by atoms with Gasteiger partial charge >= 0.3 is 5.97 Å². The number of hydrogen-bond donors (Lipinski definition) is 1. The Morgan fingerprint density at radius 1 is 1.32 bits per heavy atom. The largest absolute Gasteiger partial charge is 0.477 e. The van der Waals surface area contributed by atoms with Crippen LogP contribution in [0.1, 0.15) is 16.2 Å². The Kier molecular flexibility index (Phi) is 2.41. The summed E-state index contributed by atoms with van der Waals surface area (Å²) in [5, 5.41) is 10.9. The highest BCUT2D eigenvalue weighted by molar-refractivity contribution is 6.10. The summed E-state index contributed by atoms with van der Waals surface area (Å²) in [4.78, 5) is 20.6. The fourth-order valence-electron chi connectivity index (χ4n) is 2.43. The van der Waals surface area contributed by atoms with Crippen molar-refractivity contribution in [1.82, 2.24) is 9.71 Å². The van der Waals surface area contributed by atoms with Crippen LogP contribution in [0.25, 0.3) is 21.8 Å². The number of fused-ring (bicyclic) bond motifs is 3. The number of nitrogens with zero attached hydrogens (tertiary/aromatic N) is 2. The third-order valence-corrected chi connectivity index (χ3v) is 3.18. The van der Waals surface area contributed by atoms with E-state index >= 15 is 0 Å². The first-order valence-electron chi connectivity index (χ1n) is 5.82. The van der Waals surface area contributed by atoms with Crippen LogP contribution in [0.2, 0.25) is 0 Å². The highest BCUT2D eigenvalue weighted by atomic mass is 16.6. The predicted octanol–water partition coefficient (Wildman–Crippen LogP) is 2.25. The van der Waals surface area contributed by atoms with Gasteiger partial charge in [0.25, 0.3) is 0 Å².